The smallest absolute Gasteiger partial charge is 0.305 e. The highest BCUT2D eigenvalue weighted by Gasteiger charge is 2.17. The summed E-state index contributed by atoms with van der Waals surface area (Å²) in [5.41, 5.74) is 4.62. The predicted octanol–water partition coefficient (Wildman–Crippen LogP) is 1.43. The molecule has 0 radical (unpaired) electrons. The first-order chi connectivity index (χ1) is 11.8. The Bertz CT molecular complexity index is 829. The normalized spacial score (nSPS) is 12.4. The van der Waals surface area contributed by atoms with Gasteiger partial charge in [0.2, 0.25) is 10.0 Å². The van der Waals surface area contributed by atoms with Gasteiger partial charge in [0.05, 0.1) is 11.2 Å². The second kappa shape index (κ2) is 7.95. The van der Waals surface area contributed by atoms with E-state index in [9.17, 15) is 18.0 Å². The van der Waals surface area contributed by atoms with E-state index in [-0.39, 0.29) is 22.3 Å². The predicted molar refractivity (Wildman–Crippen MR) is 90.2 cm³/mol. The van der Waals surface area contributed by atoms with Crippen LogP contribution >= 0.6 is 0 Å². The van der Waals surface area contributed by atoms with E-state index in [1.807, 2.05) is 6.92 Å². The summed E-state index contributed by atoms with van der Waals surface area (Å²) in [7, 11) is -3.63. The molecule has 0 bridgehead atoms. The first-order valence-corrected chi connectivity index (χ1v) is 9.08. The molecule has 0 aliphatic rings. The van der Waals surface area contributed by atoms with Crippen LogP contribution in [0.4, 0.5) is 0 Å². The van der Waals surface area contributed by atoms with Gasteiger partial charge in [-0.2, -0.15) is 0 Å². The summed E-state index contributed by atoms with van der Waals surface area (Å²) in [5.74, 6) is -1.13. The quantitative estimate of drug-likeness (QED) is 0.670. The molecule has 1 aromatic heterocycles. The van der Waals surface area contributed by atoms with Crippen molar-refractivity contribution in [3.63, 3.8) is 0 Å². The number of benzene rings is 1. The summed E-state index contributed by atoms with van der Waals surface area (Å²) in [4.78, 5) is 23.7. The molecule has 0 unspecified atom stereocenters. The van der Waals surface area contributed by atoms with E-state index in [2.05, 4.69) is 15.6 Å². The Labute approximate surface area is 145 Å². The summed E-state index contributed by atoms with van der Waals surface area (Å²) in [5, 5.41) is 0. The molecule has 0 spiro atoms. The molecule has 1 aromatic carbocycles. The van der Waals surface area contributed by atoms with Gasteiger partial charge in [-0.05, 0) is 49.7 Å². The lowest BCUT2D eigenvalue weighted by atomic mass is 10.2. The van der Waals surface area contributed by atoms with Crippen molar-refractivity contribution in [1.82, 2.24) is 15.6 Å². The summed E-state index contributed by atoms with van der Waals surface area (Å²) < 4.78 is 31.7. The Morgan fingerprint density at radius 2 is 1.72 bits per heavy atom. The van der Waals surface area contributed by atoms with E-state index in [0.29, 0.717) is 6.42 Å². The van der Waals surface area contributed by atoms with Crippen molar-refractivity contribution in [1.29, 1.82) is 0 Å². The fraction of sp³-hybridized carbons (Fsp3) is 0.250. The van der Waals surface area contributed by atoms with Crippen molar-refractivity contribution in [2.75, 3.05) is 0 Å². The van der Waals surface area contributed by atoms with Crippen molar-refractivity contribution in [3.05, 3.63) is 54.0 Å². The zero-order valence-electron chi connectivity index (χ0n) is 13.8. The lowest BCUT2D eigenvalue weighted by Crippen LogP contribution is -2.41. The Hall–Kier alpha value is -2.65. The summed E-state index contributed by atoms with van der Waals surface area (Å²) in [6.07, 6.45) is 2.00. The second-order valence-corrected chi connectivity index (χ2v) is 7.05. The number of nitrogens with one attached hydrogen (secondary N) is 3. The minimum absolute atomic E-state index is 0.0536. The highest BCUT2D eigenvalue weighted by Crippen LogP contribution is 2.11. The highest BCUT2D eigenvalue weighted by molar-refractivity contribution is 7.89. The molecule has 9 heteroatoms. The van der Waals surface area contributed by atoms with E-state index < -0.39 is 21.8 Å². The lowest BCUT2D eigenvalue weighted by molar-refractivity contribution is 0.0831. The molecule has 2 amide bonds. The number of amides is 2. The average molecular weight is 365 g/mol. The number of carbonyl (C=O) groups excluding carboxylic acids is 2. The Morgan fingerprint density at radius 3 is 2.28 bits per heavy atom. The number of sulfonamides is 1. The molecule has 1 atom stereocenters. The van der Waals surface area contributed by atoms with Crippen LogP contribution in [0.5, 0.6) is 0 Å². The number of hydrazine groups is 1. The molecule has 0 saturated heterocycles. The molecule has 2 rings (SSSR count). The number of hydrogen-bond acceptors (Lipinski definition) is 5. The van der Waals surface area contributed by atoms with Gasteiger partial charge in [-0.25, -0.2) is 13.1 Å². The monoisotopic (exact) mass is 365 g/mol. The third-order valence-corrected chi connectivity index (χ3v) is 5.04. The molecular formula is C16H19N3O5S. The fourth-order valence-corrected chi connectivity index (χ4v) is 3.18. The largest absolute Gasteiger partial charge is 0.459 e. The van der Waals surface area contributed by atoms with Gasteiger partial charge in [0, 0.05) is 11.6 Å². The molecule has 0 aliphatic carbocycles. The summed E-state index contributed by atoms with van der Waals surface area (Å²) >= 11 is 0. The highest BCUT2D eigenvalue weighted by atomic mass is 32.2. The fourth-order valence-electron chi connectivity index (χ4n) is 1.86. The van der Waals surface area contributed by atoms with Gasteiger partial charge in [-0.3, -0.25) is 20.4 Å². The lowest BCUT2D eigenvalue weighted by Gasteiger charge is -2.12. The molecule has 3 N–H and O–H groups in total. The molecule has 134 valence electrons. The van der Waals surface area contributed by atoms with Crippen molar-refractivity contribution in [2.24, 2.45) is 0 Å². The molecule has 1 heterocycles. The van der Waals surface area contributed by atoms with E-state index >= 15 is 0 Å². The number of furan rings is 1. The third-order valence-electron chi connectivity index (χ3n) is 3.43. The zero-order chi connectivity index (χ0) is 18.4. The van der Waals surface area contributed by atoms with Crippen LogP contribution in [0.15, 0.2) is 52.0 Å². The van der Waals surface area contributed by atoms with E-state index in [0.717, 1.165) is 0 Å². The molecule has 8 nitrogen and oxygen atoms in total. The van der Waals surface area contributed by atoms with Gasteiger partial charge in [0.1, 0.15) is 0 Å². The van der Waals surface area contributed by atoms with Crippen molar-refractivity contribution >= 4 is 21.8 Å². The van der Waals surface area contributed by atoms with Crippen LogP contribution in [0.2, 0.25) is 0 Å². The first kappa shape index (κ1) is 18.7. The molecule has 2 aromatic rings. The third kappa shape index (κ3) is 4.91. The van der Waals surface area contributed by atoms with Crippen LogP contribution in [0.25, 0.3) is 0 Å². The Balaban J connectivity index is 1.99. The van der Waals surface area contributed by atoms with Crippen LogP contribution in [-0.4, -0.2) is 26.3 Å². The number of carbonyl (C=O) groups is 2. The maximum absolute atomic E-state index is 12.1. The van der Waals surface area contributed by atoms with Gasteiger partial charge >= 0.3 is 5.91 Å². The summed E-state index contributed by atoms with van der Waals surface area (Å²) in [6.45, 7) is 3.64. The SMILES string of the molecule is CC[C@@H](C)NS(=O)(=O)c1ccc(C(=O)NNC(=O)c2ccco2)cc1. The molecular weight excluding hydrogens is 346 g/mol. The van der Waals surface area contributed by atoms with Crippen molar-refractivity contribution in [2.45, 2.75) is 31.2 Å². The number of hydrogen-bond donors (Lipinski definition) is 3. The van der Waals surface area contributed by atoms with Crippen LogP contribution in [0.3, 0.4) is 0 Å². The van der Waals surface area contributed by atoms with Crippen LogP contribution in [0.1, 0.15) is 41.2 Å². The minimum atomic E-state index is -3.63. The molecule has 0 fully saturated rings. The van der Waals surface area contributed by atoms with Crippen molar-refractivity contribution in [3.8, 4) is 0 Å². The molecule has 0 aliphatic heterocycles. The number of rotatable bonds is 6. The van der Waals surface area contributed by atoms with Crippen LogP contribution in [-0.2, 0) is 10.0 Å². The summed E-state index contributed by atoms with van der Waals surface area (Å²) in [6, 6.07) is 8.18. The Morgan fingerprint density at radius 1 is 1.08 bits per heavy atom. The van der Waals surface area contributed by atoms with Gasteiger partial charge < -0.3 is 4.42 Å². The van der Waals surface area contributed by atoms with E-state index in [1.54, 1.807) is 13.0 Å². The maximum atomic E-state index is 12.1. The second-order valence-electron chi connectivity index (χ2n) is 5.34. The van der Waals surface area contributed by atoms with E-state index in [4.69, 9.17) is 4.42 Å². The molecule has 0 saturated carbocycles. The topological polar surface area (TPSA) is 118 Å². The van der Waals surface area contributed by atoms with Crippen LogP contribution < -0.4 is 15.6 Å². The average Bonchev–Trinajstić information content (AvgIpc) is 3.13. The van der Waals surface area contributed by atoms with Gasteiger partial charge in [0.25, 0.3) is 5.91 Å². The van der Waals surface area contributed by atoms with Gasteiger partial charge in [-0.1, -0.05) is 6.92 Å². The minimum Gasteiger partial charge on any atom is -0.459 e. The maximum Gasteiger partial charge on any atom is 0.305 e. The molecule has 25 heavy (non-hydrogen) atoms. The van der Waals surface area contributed by atoms with Gasteiger partial charge in [-0.15, -0.1) is 0 Å². The van der Waals surface area contributed by atoms with E-state index in [1.165, 1.54) is 36.6 Å². The first-order valence-electron chi connectivity index (χ1n) is 7.60. The standard InChI is InChI=1S/C16H19N3O5S/c1-3-11(2)19-25(22,23)13-8-6-12(7-9-13)15(20)17-18-16(21)14-5-4-10-24-14/h4-11,19H,3H2,1-2H3,(H,17,20)(H,18,21)/t11-/m1/s1. The Kier molecular flexibility index (Phi) is 5.94. The van der Waals surface area contributed by atoms with Crippen LogP contribution in [0, 0.1) is 0 Å². The van der Waals surface area contributed by atoms with Crippen molar-refractivity contribution < 1.29 is 22.4 Å². The van der Waals surface area contributed by atoms with Gasteiger partial charge in [0.15, 0.2) is 5.76 Å². The zero-order valence-corrected chi connectivity index (χ0v) is 14.6.